The minimum Gasteiger partial charge on any atom is -0.492 e. The van der Waals surface area contributed by atoms with Crippen LogP contribution in [-0.4, -0.2) is 41.8 Å². The minimum absolute atomic E-state index is 0.00519. The summed E-state index contributed by atoms with van der Waals surface area (Å²) in [6, 6.07) is 12.0. The first-order valence-corrected chi connectivity index (χ1v) is 11.0. The summed E-state index contributed by atoms with van der Waals surface area (Å²) in [5.74, 6) is 0.0349. The van der Waals surface area contributed by atoms with Crippen molar-refractivity contribution in [3.05, 3.63) is 58.1 Å². The van der Waals surface area contributed by atoms with Crippen molar-refractivity contribution in [1.82, 2.24) is 10.6 Å². The number of amides is 2. The number of rotatable bonds is 9. The lowest BCUT2D eigenvalue weighted by Gasteiger charge is -2.16. The first-order chi connectivity index (χ1) is 14.8. The summed E-state index contributed by atoms with van der Waals surface area (Å²) < 4.78 is 6.49. The second-order valence-electron chi connectivity index (χ2n) is 7.13. The first-order valence-electron chi connectivity index (χ1n) is 9.84. The van der Waals surface area contributed by atoms with Crippen molar-refractivity contribution in [3.8, 4) is 5.75 Å². The van der Waals surface area contributed by atoms with Gasteiger partial charge in [0, 0.05) is 17.6 Å². The van der Waals surface area contributed by atoms with Crippen molar-refractivity contribution in [1.29, 1.82) is 0 Å². The van der Waals surface area contributed by atoms with Crippen molar-refractivity contribution in [3.63, 3.8) is 0 Å². The standard InChI is InChI=1S/C22H26BrN3O4S/c1-14(2)13-30-19-9-8-15(23)12-17(19)21(29)26-22(31)25-18-7-4-3-6-16(18)20(28)24-10-5-11-27/h3-4,6-9,12,14,27H,5,10-11,13H2,1-2H3,(H,24,28)(H2,25,26,29,31). The molecule has 0 unspecified atom stereocenters. The largest absolute Gasteiger partial charge is 0.492 e. The van der Waals surface area contributed by atoms with Crippen LogP contribution in [0, 0.1) is 5.92 Å². The monoisotopic (exact) mass is 507 g/mol. The van der Waals surface area contributed by atoms with E-state index in [-0.39, 0.29) is 17.6 Å². The highest BCUT2D eigenvalue weighted by atomic mass is 79.9. The summed E-state index contributed by atoms with van der Waals surface area (Å²) in [4.78, 5) is 25.2. The predicted octanol–water partition coefficient (Wildman–Crippen LogP) is 3.72. The minimum atomic E-state index is -0.428. The van der Waals surface area contributed by atoms with E-state index in [9.17, 15) is 9.59 Å². The van der Waals surface area contributed by atoms with Crippen LogP contribution >= 0.6 is 28.1 Å². The Bertz CT molecular complexity index is 937. The number of thiocarbonyl (C=S) groups is 1. The maximum Gasteiger partial charge on any atom is 0.261 e. The zero-order valence-corrected chi connectivity index (χ0v) is 19.8. The highest BCUT2D eigenvalue weighted by Crippen LogP contribution is 2.24. The lowest BCUT2D eigenvalue weighted by atomic mass is 10.1. The Kier molecular flexibility index (Phi) is 9.90. The fourth-order valence-corrected chi connectivity index (χ4v) is 3.12. The van der Waals surface area contributed by atoms with Crippen LogP contribution in [0.3, 0.4) is 0 Å². The average Bonchev–Trinajstić information content (AvgIpc) is 2.73. The highest BCUT2D eigenvalue weighted by Gasteiger charge is 2.17. The number of para-hydroxylation sites is 1. The molecule has 7 nitrogen and oxygen atoms in total. The Morgan fingerprint density at radius 2 is 1.87 bits per heavy atom. The van der Waals surface area contributed by atoms with Gasteiger partial charge >= 0.3 is 0 Å². The molecule has 0 spiro atoms. The molecule has 0 aliphatic rings. The second kappa shape index (κ2) is 12.4. The summed E-state index contributed by atoms with van der Waals surface area (Å²) in [6.07, 6.45) is 0.462. The summed E-state index contributed by atoms with van der Waals surface area (Å²) in [7, 11) is 0. The SMILES string of the molecule is CC(C)COc1ccc(Br)cc1C(=O)NC(=S)Nc1ccccc1C(=O)NCCCO. The van der Waals surface area contributed by atoms with E-state index in [0.717, 1.165) is 4.47 Å². The smallest absolute Gasteiger partial charge is 0.261 e. The molecule has 0 saturated carbocycles. The zero-order valence-electron chi connectivity index (χ0n) is 17.4. The fourth-order valence-electron chi connectivity index (χ4n) is 2.55. The molecule has 2 rings (SSSR count). The van der Waals surface area contributed by atoms with E-state index < -0.39 is 5.91 Å². The van der Waals surface area contributed by atoms with E-state index in [1.54, 1.807) is 42.5 Å². The van der Waals surface area contributed by atoms with E-state index in [1.807, 2.05) is 13.8 Å². The average molecular weight is 508 g/mol. The van der Waals surface area contributed by atoms with E-state index in [0.29, 0.717) is 48.1 Å². The maximum atomic E-state index is 12.8. The van der Waals surface area contributed by atoms with Gasteiger partial charge in [0.05, 0.1) is 23.4 Å². The topological polar surface area (TPSA) is 99.7 Å². The van der Waals surface area contributed by atoms with E-state index in [4.69, 9.17) is 22.1 Å². The molecule has 0 atom stereocenters. The van der Waals surface area contributed by atoms with Gasteiger partial charge in [0.25, 0.3) is 11.8 Å². The molecule has 0 aliphatic carbocycles. The number of carbonyl (C=O) groups is 2. The Balaban J connectivity index is 2.09. The lowest BCUT2D eigenvalue weighted by Crippen LogP contribution is -2.35. The molecular formula is C22H26BrN3O4S. The van der Waals surface area contributed by atoms with Crippen LogP contribution < -0.4 is 20.7 Å². The number of nitrogens with one attached hydrogen (secondary N) is 3. The summed E-state index contributed by atoms with van der Waals surface area (Å²) in [5, 5.41) is 17.2. The highest BCUT2D eigenvalue weighted by molar-refractivity contribution is 9.10. The molecule has 0 aromatic heterocycles. The van der Waals surface area contributed by atoms with Crippen molar-refractivity contribution < 1.29 is 19.4 Å². The zero-order chi connectivity index (χ0) is 22.8. The number of benzene rings is 2. The number of hydrogen-bond donors (Lipinski definition) is 4. The van der Waals surface area contributed by atoms with Gasteiger partial charge in [-0.1, -0.05) is 41.9 Å². The molecule has 2 aromatic rings. The Morgan fingerprint density at radius 3 is 2.58 bits per heavy atom. The number of aliphatic hydroxyl groups is 1. The lowest BCUT2D eigenvalue weighted by molar-refractivity contribution is 0.0949. The summed E-state index contributed by atoms with van der Waals surface area (Å²) in [6.45, 7) is 4.87. The molecule has 0 saturated heterocycles. The first kappa shape index (κ1) is 24.8. The van der Waals surface area contributed by atoms with Crippen LogP contribution in [0.4, 0.5) is 5.69 Å². The number of carbonyl (C=O) groups excluding carboxylic acids is 2. The third-order valence-electron chi connectivity index (χ3n) is 4.03. The second-order valence-corrected chi connectivity index (χ2v) is 8.46. The van der Waals surface area contributed by atoms with Crippen molar-refractivity contribution in [2.75, 3.05) is 25.1 Å². The van der Waals surface area contributed by atoms with Gasteiger partial charge in [0.2, 0.25) is 0 Å². The Hall–Kier alpha value is -2.49. The van der Waals surface area contributed by atoms with Crippen LogP contribution in [0.1, 0.15) is 41.0 Å². The number of anilines is 1. The predicted molar refractivity (Wildman–Crippen MR) is 129 cm³/mol. The van der Waals surface area contributed by atoms with Gasteiger partial charge in [0.1, 0.15) is 5.75 Å². The van der Waals surface area contributed by atoms with Gasteiger partial charge in [-0.25, -0.2) is 0 Å². The Labute approximate surface area is 195 Å². The molecule has 31 heavy (non-hydrogen) atoms. The molecule has 2 aromatic carbocycles. The molecule has 0 radical (unpaired) electrons. The number of aliphatic hydroxyl groups excluding tert-OH is 1. The van der Waals surface area contributed by atoms with Gasteiger partial charge < -0.3 is 20.5 Å². The molecule has 0 fully saturated rings. The Morgan fingerprint density at radius 1 is 1.13 bits per heavy atom. The summed E-state index contributed by atoms with van der Waals surface area (Å²) in [5.41, 5.74) is 1.18. The van der Waals surface area contributed by atoms with Crippen molar-refractivity contribution in [2.24, 2.45) is 5.92 Å². The van der Waals surface area contributed by atoms with E-state index in [1.165, 1.54) is 0 Å². The fraction of sp³-hybridized carbons (Fsp3) is 0.318. The van der Waals surface area contributed by atoms with Gasteiger partial charge in [-0.3, -0.25) is 14.9 Å². The van der Waals surface area contributed by atoms with Gasteiger partial charge in [-0.2, -0.15) is 0 Å². The van der Waals surface area contributed by atoms with Crippen LogP contribution in [0.15, 0.2) is 46.9 Å². The molecular weight excluding hydrogens is 482 g/mol. The third-order valence-corrected chi connectivity index (χ3v) is 4.72. The van der Waals surface area contributed by atoms with E-state index in [2.05, 4.69) is 31.9 Å². The quantitative estimate of drug-likeness (QED) is 0.305. The number of ether oxygens (including phenoxy) is 1. The molecule has 0 bridgehead atoms. The van der Waals surface area contributed by atoms with Crippen LogP contribution in [0.2, 0.25) is 0 Å². The molecule has 166 valence electrons. The van der Waals surface area contributed by atoms with Gasteiger partial charge in [-0.15, -0.1) is 0 Å². The summed E-state index contributed by atoms with van der Waals surface area (Å²) >= 11 is 8.66. The van der Waals surface area contributed by atoms with Crippen molar-refractivity contribution in [2.45, 2.75) is 20.3 Å². The maximum absolute atomic E-state index is 12.8. The molecule has 0 aliphatic heterocycles. The number of hydrogen-bond acceptors (Lipinski definition) is 5. The van der Waals surface area contributed by atoms with Crippen LogP contribution in [0.25, 0.3) is 0 Å². The third kappa shape index (κ3) is 7.93. The van der Waals surface area contributed by atoms with Gasteiger partial charge in [0.15, 0.2) is 5.11 Å². The van der Waals surface area contributed by atoms with Crippen LogP contribution in [0.5, 0.6) is 5.75 Å². The molecule has 4 N–H and O–H groups in total. The van der Waals surface area contributed by atoms with Gasteiger partial charge in [-0.05, 0) is 54.9 Å². The molecule has 9 heteroatoms. The van der Waals surface area contributed by atoms with Crippen LogP contribution in [-0.2, 0) is 0 Å². The van der Waals surface area contributed by atoms with E-state index >= 15 is 0 Å². The molecule has 2 amide bonds. The number of halogens is 1. The normalized spacial score (nSPS) is 10.5. The van der Waals surface area contributed by atoms with Crippen molar-refractivity contribution >= 4 is 50.8 Å². The molecule has 0 heterocycles.